The molecular formula is C42H41ClN2O8. The van der Waals surface area contributed by atoms with Crippen molar-refractivity contribution in [3.8, 4) is 11.1 Å². The number of hydrogen-bond acceptors (Lipinski definition) is 8. The number of imide groups is 1. The fourth-order valence-electron chi connectivity index (χ4n) is 7.50. The second-order valence-electron chi connectivity index (χ2n) is 13.2. The maximum atomic E-state index is 14.0. The van der Waals surface area contributed by atoms with Crippen molar-refractivity contribution in [2.24, 2.45) is 5.92 Å². The SMILES string of the molecule is CCO[C@@H]1OC(C(=O)Nc2ccc(N3C(=O)c4ccc(Cl)cc4C3=O)c(C)c2)=C[C@H](c2cccc3c2Cc2ccccc2-3)[C@H]1CCOCCOCCO. The van der Waals surface area contributed by atoms with Crippen molar-refractivity contribution in [2.75, 3.05) is 49.9 Å². The normalized spacial score (nSPS) is 18.7. The van der Waals surface area contributed by atoms with Gasteiger partial charge < -0.3 is 29.4 Å². The minimum Gasteiger partial charge on any atom is -0.459 e. The minimum atomic E-state index is -0.726. The van der Waals surface area contributed by atoms with E-state index < -0.39 is 24.0 Å². The molecule has 3 amide bonds. The first kappa shape index (κ1) is 36.5. The first-order valence-electron chi connectivity index (χ1n) is 17.9. The van der Waals surface area contributed by atoms with Gasteiger partial charge in [0, 0.05) is 35.8 Å². The fourth-order valence-corrected chi connectivity index (χ4v) is 7.68. The smallest absolute Gasteiger partial charge is 0.290 e. The summed E-state index contributed by atoms with van der Waals surface area (Å²) in [6, 6.07) is 24.4. The van der Waals surface area contributed by atoms with Crippen LogP contribution in [0.15, 0.2) is 90.7 Å². The Balaban J connectivity index is 1.15. The van der Waals surface area contributed by atoms with Crippen LogP contribution in [0.5, 0.6) is 0 Å². The van der Waals surface area contributed by atoms with Gasteiger partial charge >= 0.3 is 0 Å². The maximum absolute atomic E-state index is 14.0. The molecule has 1 aliphatic carbocycles. The lowest BCUT2D eigenvalue weighted by atomic mass is 9.78. The van der Waals surface area contributed by atoms with Crippen LogP contribution in [0.2, 0.25) is 5.02 Å². The van der Waals surface area contributed by atoms with Gasteiger partial charge in [-0.25, -0.2) is 4.90 Å². The number of fused-ring (bicyclic) bond motifs is 4. The molecule has 4 aromatic rings. The number of carbonyl (C=O) groups excluding carboxylic acids is 3. The number of carbonyl (C=O) groups is 3. The third kappa shape index (κ3) is 7.38. The Kier molecular flexibility index (Phi) is 11.0. The molecule has 7 rings (SSSR count). The molecule has 0 bridgehead atoms. The summed E-state index contributed by atoms with van der Waals surface area (Å²) in [6.45, 7) is 5.46. The monoisotopic (exact) mass is 736 g/mol. The predicted molar refractivity (Wildman–Crippen MR) is 201 cm³/mol. The van der Waals surface area contributed by atoms with Crippen molar-refractivity contribution in [1.29, 1.82) is 0 Å². The number of rotatable bonds is 14. The number of benzene rings is 4. The molecule has 3 atom stereocenters. The highest BCUT2D eigenvalue weighted by Crippen LogP contribution is 2.46. The third-order valence-electron chi connectivity index (χ3n) is 9.93. The van der Waals surface area contributed by atoms with Crippen LogP contribution in [0.3, 0.4) is 0 Å². The number of amides is 3. The molecule has 11 heteroatoms. The first-order chi connectivity index (χ1) is 25.8. The Labute approximate surface area is 313 Å². The molecule has 4 aromatic carbocycles. The Hall–Kier alpha value is -4.84. The van der Waals surface area contributed by atoms with Gasteiger partial charge in [-0.2, -0.15) is 0 Å². The second kappa shape index (κ2) is 16.0. The summed E-state index contributed by atoms with van der Waals surface area (Å²) < 4.78 is 23.8. The van der Waals surface area contributed by atoms with Crippen molar-refractivity contribution in [3.63, 3.8) is 0 Å². The molecule has 0 spiro atoms. The Morgan fingerprint density at radius 3 is 2.47 bits per heavy atom. The van der Waals surface area contributed by atoms with Crippen molar-refractivity contribution in [1.82, 2.24) is 0 Å². The molecular weight excluding hydrogens is 696 g/mol. The number of aliphatic hydroxyl groups is 1. The zero-order valence-corrected chi connectivity index (χ0v) is 30.4. The summed E-state index contributed by atoms with van der Waals surface area (Å²) in [4.78, 5) is 41.6. The van der Waals surface area contributed by atoms with Crippen LogP contribution in [0.4, 0.5) is 11.4 Å². The molecule has 0 saturated heterocycles. The zero-order chi connectivity index (χ0) is 37.1. The van der Waals surface area contributed by atoms with Gasteiger partial charge in [-0.15, -0.1) is 0 Å². The van der Waals surface area contributed by atoms with E-state index in [2.05, 4.69) is 47.8 Å². The minimum absolute atomic E-state index is 0.0402. The summed E-state index contributed by atoms with van der Waals surface area (Å²) in [6.07, 6.45) is 2.55. The number of hydrogen-bond donors (Lipinski definition) is 2. The largest absolute Gasteiger partial charge is 0.459 e. The van der Waals surface area contributed by atoms with Crippen LogP contribution < -0.4 is 10.2 Å². The van der Waals surface area contributed by atoms with E-state index in [1.54, 1.807) is 37.3 Å². The predicted octanol–water partition coefficient (Wildman–Crippen LogP) is 7.05. The molecule has 0 radical (unpaired) electrons. The molecule has 3 aliphatic rings. The lowest BCUT2D eigenvalue weighted by molar-refractivity contribution is -0.166. The van der Waals surface area contributed by atoms with Crippen molar-refractivity contribution in [2.45, 2.75) is 38.9 Å². The molecule has 0 fully saturated rings. The molecule has 10 nitrogen and oxygen atoms in total. The Morgan fingerprint density at radius 1 is 0.906 bits per heavy atom. The number of anilines is 2. The van der Waals surface area contributed by atoms with Gasteiger partial charge in [-0.05, 0) is 103 Å². The van der Waals surface area contributed by atoms with E-state index in [1.165, 1.54) is 28.3 Å². The van der Waals surface area contributed by atoms with Crippen LogP contribution in [-0.4, -0.2) is 68.8 Å². The van der Waals surface area contributed by atoms with E-state index >= 15 is 0 Å². The quantitative estimate of drug-likeness (QED) is 0.0919. The Morgan fingerprint density at radius 2 is 1.68 bits per heavy atom. The standard InChI is InChI=1S/C42H41ClN2O8/c1-3-52-42-33(15-17-50-19-20-51-18-16-46)35(31-10-6-9-30-29-8-5-4-7-26(29)22-34(30)31)24-38(53-42)39(47)44-28-12-14-37(25(2)21-28)45-40(48)32-13-11-27(43)23-36(32)41(45)49/h4-14,21,23-24,33,35,42,46H,3,15-20,22H2,1-2H3,(H,44,47)/t33-,35-,42-/m1/s1. The first-order valence-corrected chi connectivity index (χ1v) is 18.2. The molecule has 2 N–H and O–H groups in total. The van der Waals surface area contributed by atoms with Gasteiger partial charge in [0.25, 0.3) is 17.7 Å². The average Bonchev–Trinajstić information content (AvgIpc) is 3.65. The number of nitrogens with one attached hydrogen (secondary N) is 1. The van der Waals surface area contributed by atoms with Gasteiger partial charge in [0.1, 0.15) is 0 Å². The van der Waals surface area contributed by atoms with E-state index in [0.29, 0.717) is 60.4 Å². The van der Waals surface area contributed by atoms with Crippen LogP contribution in [-0.2, 0) is 30.2 Å². The molecule has 0 unspecified atom stereocenters. The van der Waals surface area contributed by atoms with Crippen molar-refractivity contribution in [3.05, 3.63) is 129 Å². The highest BCUT2D eigenvalue weighted by atomic mass is 35.5. The highest BCUT2D eigenvalue weighted by Gasteiger charge is 2.40. The molecule has 53 heavy (non-hydrogen) atoms. The summed E-state index contributed by atoms with van der Waals surface area (Å²) >= 11 is 6.10. The maximum Gasteiger partial charge on any atom is 0.290 e. The Bertz CT molecular complexity index is 2080. The van der Waals surface area contributed by atoms with Crippen LogP contribution in [0.1, 0.15) is 62.2 Å². The van der Waals surface area contributed by atoms with E-state index in [1.807, 2.05) is 13.0 Å². The summed E-state index contributed by atoms with van der Waals surface area (Å²) in [5.41, 5.74) is 8.04. The lowest BCUT2D eigenvalue weighted by Gasteiger charge is -2.37. The van der Waals surface area contributed by atoms with Gasteiger partial charge in [-0.3, -0.25) is 14.4 Å². The molecule has 0 aromatic heterocycles. The topological polar surface area (TPSA) is 124 Å². The average molecular weight is 737 g/mol. The molecule has 0 saturated carbocycles. The van der Waals surface area contributed by atoms with E-state index in [4.69, 9.17) is 35.7 Å². The molecule has 2 heterocycles. The molecule has 274 valence electrons. The summed E-state index contributed by atoms with van der Waals surface area (Å²) in [5, 5.41) is 12.3. The third-order valence-corrected chi connectivity index (χ3v) is 10.2. The van der Waals surface area contributed by atoms with Gasteiger partial charge in [-0.1, -0.05) is 54.1 Å². The lowest BCUT2D eigenvalue weighted by Crippen LogP contribution is -2.38. The second-order valence-corrected chi connectivity index (χ2v) is 13.6. The van der Waals surface area contributed by atoms with Gasteiger partial charge in [0.2, 0.25) is 6.29 Å². The highest BCUT2D eigenvalue weighted by molar-refractivity contribution is 6.37. The number of allylic oxidation sites excluding steroid dienone is 1. The van der Waals surface area contributed by atoms with Gasteiger partial charge in [0.05, 0.1) is 43.2 Å². The van der Waals surface area contributed by atoms with Crippen LogP contribution in [0, 0.1) is 12.8 Å². The van der Waals surface area contributed by atoms with Crippen LogP contribution >= 0.6 is 11.6 Å². The number of aliphatic hydroxyl groups excluding tert-OH is 1. The molecule has 2 aliphatic heterocycles. The summed E-state index contributed by atoms with van der Waals surface area (Å²) in [5.74, 6) is -1.60. The van der Waals surface area contributed by atoms with Crippen LogP contribution in [0.25, 0.3) is 11.1 Å². The van der Waals surface area contributed by atoms with E-state index in [-0.39, 0.29) is 36.4 Å². The van der Waals surface area contributed by atoms with E-state index in [0.717, 1.165) is 16.9 Å². The summed E-state index contributed by atoms with van der Waals surface area (Å²) in [7, 11) is 0. The van der Waals surface area contributed by atoms with E-state index in [9.17, 15) is 14.4 Å². The number of halogens is 1. The van der Waals surface area contributed by atoms with Crippen molar-refractivity contribution < 1.29 is 38.4 Å². The van der Waals surface area contributed by atoms with Crippen molar-refractivity contribution >= 4 is 40.7 Å². The fraction of sp³-hybridized carbons (Fsp3) is 0.310. The van der Waals surface area contributed by atoms with Gasteiger partial charge in [0.15, 0.2) is 5.76 Å². The number of aryl methyl sites for hydroxylation is 1. The number of nitrogens with zero attached hydrogens (tertiary/aromatic N) is 1. The number of ether oxygens (including phenoxy) is 4. The zero-order valence-electron chi connectivity index (χ0n) is 29.6.